The van der Waals surface area contributed by atoms with Gasteiger partial charge in [0.05, 0.1) is 0 Å². The molecule has 0 fully saturated rings. The largest absolute Gasteiger partial charge is 0.478 e. The summed E-state index contributed by atoms with van der Waals surface area (Å²) in [6.45, 7) is 10.1. The van der Waals surface area contributed by atoms with E-state index in [0.717, 1.165) is 0 Å². The van der Waals surface area contributed by atoms with E-state index in [1.165, 1.54) is 0 Å². The van der Waals surface area contributed by atoms with Crippen LogP contribution in [0.1, 0.15) is 46.6 Å². The Morgan fingerprint density at radius 2 is 2.12 bits per heavy atom. The highest BCUT2D eigenvalue weighted by Crippen LogP contribution is 2.29. The van der Waals surface area contributed by atoms with Gasteiger partial charge in [0, 0.05) is 17.2 Å². The van der Waals surface area contributed by atoms with E-state index >= 15 is 0 Å². The summed E-state index contributed by atoms with van der Waals surface area (Å²) in [6, 6.07) is 5.15. The van der Waals surface area contributed by atoms with Gasteiger partial charge in [-0.3, -0.25) is 0 Å². The monoisotopic (exact) mass is 383 g/mol. The minimum atomic E-state index is -0.734. The molecule has 7 heteroatoms. The van der Waals surface area contributed by atoms with Crippen LogP contribution in [0, 0.1) is 0 Å². The second kappa shape index (κ2) is 8.73. The van der Waals surface area contributed by atoms with Crippen molar-refractivity contribution in [3.05, 3.63) is 28.8 Å². The Morgan fingerprint density at radius 1 is 1.38 bits per heavy atom. The fourth-order valence-corrected chi connectivity index (χ4v) is 2.66. The first-order valence-corrected chi connectivity index (χ1v) is 9.13. The molecule has 1 aromatic carbocycles. The zero-order valence-electron chi connectivity index (χ0n) is 15.9. The number of rotatable bonds is 7. The summed E-state index contributed by atoms with van der Waals surface area (Å²) >= 11 is 6.16. The van der Waals surface area contributed by atoms with Crippen LogP contribution in [-0.2, 0) is 19.1 Å². The molecule has 2 atom stereocenters. The Morgan fingerprint density at radius 3 is 2.73 bits per heavy atom. The molecule has 6 nitrogen and oxygen atoms in total. The number of hydrogen-bond acceptors (Lipinski definition) is 6. The predicted octanol–water partition coefficient (Wildman–Crippen LogP) is 3.98. The first kappa shape index (κ1) is 20.5. The van der Waals surface area contributed by atoms with E-state index in [9.17, 15) is 4.79 Å². The molecule has 0 unspecified atom stereocenters. The van der Waals surface area contributed by atoms with Crippen molar-refractivity contribution in [2.75, 3.05) is 13.2 Å². The molecular weight excluding hydrogens is 358 g/mol. The van der Waals surface area contributed by atoms with E-state index in [0.29, 0.717) is 41.7 Å². The van der Waals surface area contributed by atoms with Crippen molar-refractivity contribution < 1.29 is 23.8 Å². The molecule has 1 heterocycles. The molecule has 0 spiro atoms. The maximum Gasteiger partial charge on any atom is 0.347 e. The molecule has 1 aliphatic heterocycles. The van der Waals surface area contributed by atoms with Crippen molar-refractivity contribution >= 4 is 23.3 Å². The number of carbonyl (C=O) groups excluding carboxylic acids is 1. The third-order valence-electron chi connectivity index (χ3n) is 3.59. The predicted molar refractivity (Wildman–Crippen MR) is 99.9 cm³/mol. The quantitative estimate of drug-likeness (QED) is 0.666. The van der Waals surface area contributed by atoms with E-state index in [-0.39, 0.29) is 6.10 Å². The molecule has 2 rings (SSSR count). The molecule has 0 saturated heterocycles. The van der Waals surface area contributed by atoms with Crippen molar-refractivity contribution in [2.24, 2.45) is 5.16 Å². The Kier molecular flexibility index (Phi) is 6.89. The van der Waals surface area contributed by atoms with Crippen LogP contribution in [0.4, 0.5) is 0 Å². The van der Waals surface area contributed by atoms with Gasteiger partial charge < -0.3 is 19.0 Å². The summed E-state index contributed by atoms with van der Waals surface area (Å²) in [5.74, 6) is 0.0768. The molecule has 1 aliphatic rings. The van der Waals surface area contributed by atoms with Crippen LogP contribution in [0.5, 0.6) is 5.75 Å². The molecule has 0 saturated carbocycles. The van der Waals surface area contributed by atoms with E-state index in [2.05, 4.69) is 5.16 Å². The minimum Gasteiger partial charge on any atom is -0.478 e. The van der Waals surface area contributed by atoms with E-state index in [1.54, 1.807) is 18.2 Å². The topological polar surface area (TPSA) is 66.3 Å². The molecule has 0 N–H and O–H groups in total. The maximum atomic E-state index is 12.4. The number of hydrogen-bond donors (Lipinski definition) is 0. The van der Waals surface area contributed by atoms with Gasteiger partial charge in [0.15, 0.2) is 6.10 Å². The number of nitrogens with zero attached hydrogens (tertiary/aromatic N) is 1. The first-order valence-electron chi connectivity index (χ1n) is 8.76. The van der Waals surface area contributed by atoms with Crippen molar-refractivity contribution in [1.29, 1.82) is 0 Å². The molecule has 0 aromatic heterocycles. The van der Waals surface area contributed by atoms with Gasteiger partial charge in [-0.05, 0) is 52.3 Å². The lowest BCUT2D eigenvalue weighted by Crippen LogP contribution is -2.35. The van der Waals surface area contributed by atoms with Gasteiger partial charge >= 0.3 is 5.97 Å². The number of esters is 1. The lowest BCUT2D eigenvalue weighted by atomic mass is 10.0. The van der Waals surface area contributed by atoms with Crippen molar-refractivity contribution in [2.45, 2.75) is 58.8 Å². The summed E-state index contributed by atoms with van der Waals surface area (Å²) in [7, 11) is 0. The number of halogens is 1. The molecule has 0 amide bonds. The average molecular weight is 384 g/mol. The minimum absolute atomic E-state index is 0.303. The van der Waals surface area contributed by atoms with Crippen LogP contribution in [0.3, 0.4) is 0 Å². The zero-order chi connectivity index (χ0) is 19.3. The number of carbonyl (C=O) groups is 1. The van der Waals surface area contributed by atoms with Crippen molar-refractivity contribution in [3.8, 4) is 5.75 Å². The summed E-state index contributed by atoms with van der Waals surface area (Å²) in [6.07, 6.45) is -0.570. The van der Waals surface area contributed by atoms with Gasteiger partial charge in [-0.1, -0.05) is 23.7 Å². The molecule has 0 radical (unpaired) electrons. The second-order valence-corrected chi connectivity index (χ2v) is 7.34. The Bertz CT molecular complexity index is 668. The van der Waals surface area contributed by atoms with Crippen molar-refractivity contribution in [3.63, 3.8) is 0 Å². The standard InChI is InChI=1S/C19H26ClNO5/c1-6-14(18(22)26-19(3,4)5)25-15-9-8-12(20)10-13(15)17-16(23-7-2)11-24-21-17/h8-10,14,16H,6-7,11H2,1-5H3/t14-,16+/m0/s1. The highest BCUT2D eigenvalue weighted by atomic mass is 35.5. The van der Waals surface area contributed by atoms with Gasteiger partial charge in [0.25, 0.3) is 0 Å². The number of oxime groups is 1. The Balaban J connectivity index is 2.28. The summed E-state index contributed by atoms with van der Waals surface area (Å²) in [5.41, 5.74) is 0.666. The zero-order valence-corrected chi connectivity index (χ0v) is 16.6. The molecule has 1 aromatic rings. The highest BCUT2D eigenvalue weighted by Gasteiger charge is 2.30. The second-order valence-electron chi connectivity index (χ2n) is 6.90. The van der Waals surface area contributed by atoms with Gasteiger partial charge in [-0.25, -0.2) is 4.79 Å². The van der Waals surface area contributed by atoms with Crippen LogP contribution in [0.25, 0.3) is 0 Å². The summed E-state index contributed by atoms with van der Waals surface area (Å²) in [5, 5.41) is 4.61. The van der Waals surface area contributed by atoms with Crippen LogP contribution in [-0.4, -0.2) is 42.7 Å². The molecule has 0 bridgehead atoms. The van der Waals surface area contributed by atoms with E-state index < -0.39 is 17.7 Å². The third kappa shape index (κ3) is 5.35. The Hall–Kier alpha value is -1.79. The smallest absolute Gasteiger partial charge is 0.347 e. The fourth-order valence-electron chi connectivity index (χ4n) is 2.49. The van der Waals surface area contributed by atoms with Gasteiger partial charge in [0.1, 0.15) is 29.8 Å². The van der Waals surface area contributed by atoms with E-state index in [4.69, 9.17) is 30.6 Å². The van der Waals surface area contributed by atoms with Gasteiger partial charge in [-0.15, -0.1) is 0 Å². The molecule has 144 valence electrons. The van der Waals surface area contributed by atoms with E-state index in [1.807, 2.05) is 34.6 Å². The van der Waals surface area contributed by atoms with Crippen LogP contribution in [0.2, 0.25) is 5.02 Å². The SMILES string of the molecule is CCO[C@@H]1CON=C1c1cc(Cl)ccc1O[C@@H](CC)C(=O)OC(C)(C)C. The first-order chi connectivity index (χ1) is 12.2. The lowest BCUT2D eigenvalue weighted by molar-refractivity contribution is -0.163. The molecule has 26 heavy (non-hydrogen) atoms. The summed E-state index contributed by atoms with van der Waals surface area (Å²) < 4.78 is 17.1. The highest BCUT2D eigenvalue weighted by molar-refractivity contribution is 6.31. The summed E-state index contributed by atoms with van der Waals surface area (Å²) in [4.78, 5) is 17.6. The number of ether oxygens (including phenoxy) is 3. The Labute approximate surface area is 159 Å². The van der Waals surface area contributed by atoms with Crippen LogP contribution < -0.4 is 4.74 Å². The molecule has 0 aliphatic carbocycles. The van der Waals surface area contributed by atoms with Gasteiger partial charge in [-0.2, -0.15) is 0 Å². The van der Waals surface area contributed by atoms with Crippen LogP contribution in [0.15, 0.2) is 23.4 Å². The molecular formula is C19H26ClNO5. The normalized spacial score (nSPS) is 18.1. The average Bonchev–Trinajstić information content (AvgIpc) is 3.00. The van der Waals surface area contributed by atoms with Crippen molar-refractivity contribution in [1.82, 2.24) is 0 Å². The van der Waals surface area contributed by atoms with Crippen LogP contribution >= 0.6 is 11.6 Å². The fraction of sp³-hybridized carbons (Fsp3) is 0.579. The third-order valence-corrected chi connectivity index (χ3v) is 3.82. The van der Waals surface area contributed by atoms with Gasteiger partial charge in [0.2, 0.25) is 0 Å². The lowest BCUT2D eigenvalue weighted by Gasteiger charge is -2.25. The maximum absolute atomic E-state index is 12.4. The number of benzene rings is 1.